The van der Waals surface area contributed by atoms with E-state index in [9.17, 15) is 5.11 Å². The van der Waals surface area contributed by atoms with Crippen LogP contribution in [-0.4, -0.2) is 42.3 Å². The maximum absolute atomic E-state index is 9.26. The minimum Gasteiger partial charge on any atom is -0.395 e. The van der Waals surface area contributed by atoms with Gasteiger partial charge in [0.1, 0.15) is 0 Å². The molecule has 0 fully saturated rings. The third-order valence-corrected chi connectivity index (χ3v) is 3.72. The van der Waals surface area contributed by atoms with Crippen molar-refractivity contribution in [2.75, 3.05) is 26.2 Å². The van der Waals surface area contributed by atoms with Crippen LogP contribution in [0.25, 0.3) is 0 Å². The molecule has 2 rings (SSSR count). The van der Waals surface area contributed by atoms with E-state index in [1.165, 1.54) is 11.1 Å². The smallest absolute Gasteiger partial charge is 0.0585 e. The first kappa shape index (κ1) is 13.5. The first-order chi connectivity index (χ1) is 8.83. The Morgan fingerprint density at radius 2 is 2.11 bits per heavy atom. The van der Waals surface area contributed by atoms with Crippen LogP contribution in [0.3, 0.4) is 0 Å². The molecule has 3 nitrogen and oxygen atoms in total. The molecule has 0 spiro atoms. The van der Waals surface area contributed by atoms with Crippen molar-refractivity contribution in [1.29, 1.82) is 0 Å². The number of nitrogens with zero attached hydrogens (tertiary/aromatic N) is 1. The van der Waals surface area contributed by atoms with Gasteiger partial charge in [0.25, 0.3) is 0 Å². The average molecular weight is 248 g/mol. The summed E-state index contributed by atoms with van der Waals surface area (Å²) >= 11 is 0. The number of hydrogen-bond donors (Lipinski definition) is 2. The zero-order valence-corrected chi connectivity index (χ0v) is 11.2. The van der Waals surface area contributed by atoms with Gasteiger partial charge in [-0.2, -0.15) is 0 Å². The summed E-state index contributed by atoms with van der Waals surface area (Å²) in [5.74, 6) is 0. The van der Waals surface area contributed by atoms with Gasteiger partial charge in [-0.05, 0) is 30.5 Å². The second kappa shape index (κ2) is 6.88. The molecule has 1 aliphatic heterocycles. The van der Waals surface area contributed by atoms with Crippen LogP contribution >= 0.6 is 0 Å². The fraction of sp³-hybridized carbons (Fsp3) is 0.600. The van der Waals surface area contributed by atoms with E-state index in [4.69, 9.17) is 0 Å². The fourth-order valence-electron chi connectivity index (χ4n) is 2.63. The number of rotatable bonds is 6. The van der Waals surface area contributed by atoms with Gasteiger partial charge in [-0.25, -0.2) is 0 Å². The van der Waals surface area contributed by atoms with E-state index in [1.54, 1.807) is 0 Å². The highest BCUT2D eigenvalue weighted by atomic mass is 16.3. The van der Waals surface area contributed by atoms with Crippen molar-refractivity contribution in [2.24, 2.45) is 0 Å². The standard InChI is InChI=1S/C15H24N2O/c1-2-16-15(12-18)8-10-17-9-7-13-5-3-4-6-14(13)11-17/h3-6,15-16,18H,2,7-12H2,1H3. The van der Waals surface area contributed by atoms with Crippen LogP contribution in [0.5, 0.6) is 0 Å². The van der Waals surface area contributed by atoms with Crippen molar-refractivity contribution in [3.8, 4) is 0 Å². The van der Waals surface area contributed by atoms with E-state index < -0.39 is 0 Å². The van der Waals surface area contributed by atoms with Gasteiger partial charge in [0, 0.05) is 25.7 Å². The molecule has 0 aliphatic carbocycles. The highest BCUT2D eigenvalue weighted by Crippen LogP contribution is 2.18. The van der Waals surface area contributed by atoms with Crippen molar-refractivity contribution in [3.63, 3.8) is 0 Å². The molecule has 1 aromatic carbocycles. The Morgan fingerprint density at radius 1 is 1.33 bits per heavy atom. The van der Waals surface area contributed by atoms with Crippen molar-refractivity contribution < 1.29 is 5.11 Å². The lowest BCUT2D eigenvalue weighted by atomic mass is 9.99. The summed E-state index contributed by atoms with van der Waals surface area (Å²) < 4.78 is 0. The molecule has 0 aromatic heterocycles. The second-order valence-electron chi connectivity index (χ2n) is 5.02. The van der Waals surface area contributed by atoms with E-state index in [0.29, 0.717) is 0 Å². The Morgan fingerprint density at radius 3 is 2.83 bits per heavy atom. The number of likely N-dealkylation sites (N-methyl/N-ethyl adjacent to an activating group) is 1. The predicted octanol–water partition coefficient (Wildman–Crippen LogP) is 1.41. The predicted molar refractivity (Wildman–Crippen MR) is 74.6 cm³/mol. The molecule has 0 saturated carbocycles. The number of aliphatic hydroxyl groups is 1. The maximum atomic E-state index is 9.26. The molecular weight excluding hydrogens is 224 g/mol. The van der Waals surface area contributed by atoms with Crippen molar-refractivity contribution in [2.45, 2.75) is 32.4 Å². The molecule has 0 saturated heterocycles. The van der Waals surface area contributed by atoms with Crippen LogP contribution in [0.4, 0.5) is 0 Å². The third-order valence-electron chi connectivity index (χ3n) is 3.72. The van der Waals surface area contributed by atoms with Gasteiger partial charge < -0.3 is 10.4 Å². The Labute approximate surface area is 110 Å². The van der Waals surface area contributed by atoms with Gasteiger partial charge in [-0.1, -0.05) is 31.2 Å². The molecule has 0 amide bonds. The first-order valence-corrected chi connectivity index (χ1v) is 6.97. The van der Waals surface area contributed by atoms with Gasteiger partial charge in [0.2, 0.25) is 0 Å². The fourth-order valence-corrected chi connectivity index (χ4v) is 2.63. The van der Waals surface area contributed by atoms with Crippen molar-refractivity contribution in [1.82, 2.24) is 10.2 Å². The molecule has 1 unspecified atom stereocenters. The molecule has 1 atom stereocenters. The molecule has 0 bridgehead atoms. The second-order valence-corrected chi connectivity index (χ2v) is 5.02. The van der Waals surface area contributed by atoms with Gasteiger partial charge >= 0.3 is 0 Å². The van der Waals surface area contributed by atoms with E-state index in [2.05, 4.69) is 41.4 Å². The number of hydrogen-bond acceptors (Lipinski definition) is 3. The quantitative estimate of drug-likeness (QED) is 0.799. The van der Waals surface area contributed by atoms with E-state index in [1.807, 2.05) is 0 Å². The van der Waals surface area contributed by atoms with Crippen molar-refractivity contribution >= 4 is 0 Å². The lowest BCUT2D eigenvalue weighted by Crippen LogP contribution is -2.38. The van der Waals surface area contributed by atoms with Gasteiger partial charge in [0.15, 0.2) is 0 Å². The zero-order valence-electron chi connectivity index (χ0n) is 11.2. The zero-order chi connectivity index (χ0) is 12.8. The summed E-state index contributed by atoms with van der Waals surface area (Å²) in [5.41, 5.74) is 2.96. The third kappa shape index (κ3) is 3.55. The number of fused-ring (bicyclic) bond motifs is 1. The molecule has 1 heterocycles. The van der Waals surface area contributed by atoms with E-state index >= 15 is 0 Å². The van der Waals surface area contributed by atoms with Gasteiger partial charge in [0.05, 0.1) is 6.61 Å². The lowest BCUT2D eigenvalue weighted by molar-refractivity contribution is 0.199. The monoisotopic (exact) mass is 248 g/mol. The van der Waals surface area contributed by atoms with Crippen LogP contribution in [-0.2, 0) is 13.0 Å². The maximum Gasteiger partial charge on any atom is 0.0585 e. The molecule has 1 aliphatic rings. The summed E-state index contributed by atoms with van der Waals surface area (Å²) in [5, 5.41) is 12.6. The van der Waals surface area contributed by atoms with E-state index in [0.717, 1.165) is 39.0 Å². The van der Waals surface area contributed by atoms with Gasteiger partial charge in [-0.15, -0.1) is 0 Å². The topological polar surface area (TPSA) is 35.5 Å². The number of nitrogens with one attached hydrogen (secondary N) is 1. The van der Waals surface area contributed by atoms with Crippen LogP contribution < -0.4 is 5.32 Å². The number of aliphatic hydroxyl groups excluding tert-OH is 1. The SMILES string of the molecule is CCNC(CO)CCN1CCc2ccccc2C1. The average Bonchev–Trinajstić information content (AvgIpc) is 2.43. The van der Waals surface area contributed by atoms with Gasteiger partial charge in [-0.3, -0.25) is 4.90 Å². The molecular formula is C15H24N2O. The molecule has 3 heteroatoms. The molecule has 100 valence electrons. The largest absolute Gasteiger partial charge is 0.395 e. The molecule has 1 aromatic rings. The highest BCUT2D eigenvalue weighted by molar-refractivity contribution is 5.28. The Balaban J connectivity index is 1.82. The number of benzene rings is 1. The summed E-state index contributed by atoms with van der Waals surface area (Å²) in [7, 11) is 0. The van der Waals surface area contributed by atoms with Crippen LogP contribution in [0, 0.1) is 0 Å². The van der Waals surface area contributed by atoms with Crippen molar-refractivity contribution in [3.05, 3.63) is 35.4 Å². The molecule has 2 N–H and O–H groups in total. The summed E-state index contributed by atoms with van der Waals surface area (Å²) in [6.45, 7) is 6.50. The van der Waals surface area contributed by atoms with Crippen LogP contribution in [0.2, 0.25) is 0 Å². The Bertz CT molecular complexity index is 367. The summed E-state index contributed by atoms with van der Waals surface area (Å²) in [4.78, 5) is 2.49. The molecule has 0 radical (unpaired) electrons. The first-order valence-electron chi connectivity index (χ1n) is 6.97. The van der Waals surface area contributed by atoms with Crippen LogP contribution in [0.1, 0.15) is 24.5 Å². The Hall–Kier alpha value is -0.900. The summed E-state index contributed by atoms with van der Waals surface area (Å²) in [6, 6.07) is 8.96. The minimum absolute atomic E-state index is 0.234. The van der Waals surface area contributed by atoms with E-state index in [-0.39, 0.29) is 12.6 Å². The minimum atomic E-state index is 0.234. The highest BCUT2D eigenvalue weighted by Gasteiger charge is 2.16. The lowest BCUT2D eigenvalue weighted by Gasteiger charge is -2.29. The molecule has 18 heavy (non-hydrogen) atoms. The Kier molecular flexibility index (Phi) is 5.17. The normalized spacial score (nSPS) is 17.4. The summed E-state index contributed by atoms with van der Waals surface area (Å²) in [6.07, 6.45) is 2.17. The van der Waals surface area contributed by atoms with Crippen LogP contribution in [0.15, 0.2) is 24.3 Å².